The summed E-state index contributed by atoms with van der Waals surface area (Å²) in [6.45, 7) is 2.09. The lowest BCUT2D eigenvalue weighted by Gasteiger charge is -2.26. The van der Waals surface area contributed by atoms with E-state index in [1.165, 1.54) is 13.2 Å². The lowest BCUT2D eigenvalue weighted by Crippen LogP contribution is -2.54. The van der Waals surface area contributed by atoms with Crippen LogP contribution in [0.25, 0.3) is 6.08 Å². The van der Waals surface area contributed by atoms with Gasteiger partial charge in [0.25, 0.3) is 11.8 Å². The molecule has 7 nitrogen and oxygen atoms in total. The molecule has 0 atom stereocenters. The van der Waals surface area contributed by atoms with E-state index >= 15 is 0 Å². The van der Waals surface area contributed by atoms with Gasteiger partial charge in [-0.3, -0.25) is 14.9 Å². The van der Waals surface area contributed by atoms with Crippen molar-refractivity contribution in [3.8, 4) is 11.5 Å². The zero-order valence-corrected chi connectivity index (χ0v) is 19.3. The van der Waals surface area contributed by atoms with Gasteiger partial charge in [0, 0.05) is 10.6 Å². The van der Waals surface area contributed by atoms with Crippen molar-refractivity contribution in [2.45, 2.75) is 13.5 Å². The number of hydrogen-bond donors (Lipinski definition) is 1. The average Bonchev–Trinajstić information content (AvgIpc) is 2.81. The van der Waals surface area contributed by atoms with Crippen LogP contribution in [0.5, 0.6) is 11.5 Å². The summed E-state index contributed by atoms with van der Waals surface area (Å²) in [5.74, 6) is -0.591. The van der Waals surface area contributed by atoms with Crippen LogP contribution in [0, 0.1) is 6.92 Å². The highest BCUT2D eigenvalue weighted by atomic mass is 35.5. The Morgan fingerprint density at radius 2 is 1.76 bits per heavy atom. The van der Waals surface area contributed by atoms with E-state index in [-0.39, 0.29) is 12.2 Å². The van der Waals surface area contributed by atoms with Crippen molar-refractivity contribution in [2.24, 2.45) is 0 Å². The summed E-state index contributed by atoms with van der Waals surface area (Å²) in [4.78, 5) is 38.9. The lowest BCUT2D eigenvalue weighted by molar-refractivity contribution is -0.122. The second kappa shape index (κ2) is 9.80. The molecule has 3 aromatic rings. The Kier molecular flexibility index (Phi) is 6.65. The Bertz CT molecular complexity index is 1320. The van der Waals surface area contributed by atoms with Gasteiger partial charge in [0.2, 0.25) is 0 Å². The maximum Gasteiger partial charge on any atom is 0.335 e. The average molecular weight is 477 g/mol. The number of carbonyl (C=O) groups is 3. The van der Waals surface area contributed by atoms with Crippen LogP contribution in [-0.4, -0.2) is 25.0 Å². The second-order valence-corrected chi connectivity index (χ2v) is 7.99. The summed E-state index contributed by atoms with van der Waals surface area (Å²) in [5, 5.41) is 2.82. The molecule has 172 valence electrons. The van der Waals surface area contributed by atoms with Crippen LogP contribution in [0.15, 0.2) is 72.3 Å². The van der Waals surface area contributed by atoms with Gasteiger partial charge in [0.1, 0.15) is 12.2 Å². The number of amides is 4. The predicted octanol–water partition coefficient (Wildman–Crippen LogP) is 4.90. The number of anilines is 1. The van der Waals surface area contributed by atoms with E-state index in [4.69, 9.17) is 21.1 Å². The minimum Gasteiger partial charge on any atom is -0.493 e. The van der Waals surface area contributed by atoms with Gasteiger partial charge in [-0.2, -0.15) is 0 Å². The first kappa shape index (κ1) is 23.1. The molecule has 1 N–H and O–H groups in total. The summed E-state index contributed by atoms with van der Waals surface area (Å²) in [5.41, 5.74) is 2.43. The minimum atomic E-state index is -0.793. The van der Waals surface area contributed by atoms with E-state index < -0.39 is 17.8 Å². The maximum absolute atomic E-state index is 13.1. The first-order valence-corrected chi connectivity index (χ1v) is 10.8. The molecule has 0 bridgehead atoms. The van der Waals surface area contributed by atoms with Crippen LogP contribution < -0.4 is 19.7 Å². The number of benzene rings is 3. The van der Waals surface area contributed by atoms with Crippen molar-refractivity contribution in [2.75, 3.05) is 12.0 Å². The number of nitrogens with one attached hydrogen (secondary N) is 1. The number of halogens is 1. The molecule has 4 rings (SSSR count). The highest BCUT2D eigenvalue weighted by Crippen LogP contribution is 2.31. The zero-order valence-electron chi connectivity index (χ0n) is 18.5. The van der Waals surface area contributed by atoms with Crippen molar-refractivity contribution < 1.29 is 23.9 Å². The van der Waals surface area contributed by atoms with Crippen molar-refractivity contribution >= 4 is 41.2 Å². The van der Waals surface area contributed by atoms with E-state index in [9.17, 15) is 14.4 Å². The fourth-order valence-corrected chi connectivity index (χ4v) is 3.68. The summed E-state index contributed by atoms with van der Waals surface area (Å²) in [6, 6.07) is 18.5. The number of urea groups is 1. The highest BCUT2D eigenvalue weighted by molar-refractivity contribution is 6.39. The van der Waals surface area contributed by atoms with Gasteiger partial charge in [-0.05, 0) is 54.5 Å². The summed E-state index contributed by atoms with van der Waals surface area (Å²) >= 11 is 6.18. The first-order valence-electron chi connectivity index (χ1n) is 10.4. The molecule has 8 heteroatoms. The predicted molar refractivity (Wildman–Crippen MR) is 129 cm³/mol. The van der Waals surface area contributed by atoms with Crippen molar-refractivity contribution in [3.05, 3.63) is 94.0 Å². The van der Waals surface area contributed by atoms with Crippen LogP contribution >= 0.6 is 11.6 Å². The third-order valence-corrected chi connectivity index (χ3v) is 5.57. The number of carbonyl (C=O) groups excluding carboxylic acids is 3. The van der Waals surface area contributed by atoms with Crippen LogP contribution in [-0.2, 0) is 16.2 Å². The van der Waals surface area contributed by atoms with Gasteiger partial charge in [0.15, 0.2) is 11.5 Å². The Morgan fingerprint density at radius 1 is 0.971 bits per heavy atom. The summed E-state index contributed by atoms with van der Waals surface area (Å²) < 4.78 is 11.3. The Morgan fingerprint density at radius 3 is 2.50 bits per heavy atom. The third kappa shape index (κ3) is 4.79. The Balaban J connectivity index is 1.60. The van der Waals surface area contributed by atoms with Crippen LogP contribution in [0.3, 0.4) is 0 Å². The molecule has 0 saturated carbocycles. The van der Waals surface area contributed by atoms with Gasteiger partial charge in [-0.1, -0.05) is 48.0 Å². The van der Waals surface area contributed by atoms with Crippen LogP contribution in [0.2, 0.25) is 5.02 Å². The van der Waals surface area contributed by atoms with Gasteiger partial charge in [-0.15, -0.1) is 0 Å². The Hall–Kier alpha value is -4.10. The number of ether oxygens (including phenoxy) is 2. The third-order valence-electron chi connectivity index (χ3n) is 5.20. The largest absolute Gasteiger partial charge is 0.493 e. The van der Waals surface area contributed by atoms with Crippen molar-refractivity contribution in [1.29, 1.82) is 0 Å². The minimum absolute atomic E-state index is 0.173. The molecule has 0 spiro atoms. The molecule has 0 radical (unpaired) electrons. The molecule has 0 unspecified atom stereocenters. The smallest absolute Gasteiger partial charge is 0.335 e. The lowest BCUT2D eigenvalue weighted by atomic mass is 10.1. The number of hydrogen-bond acceptors (Lipinski definition) is 5. The maximum atomic E-state index is 13.1. The number of aryl methyl sites for hydroxylation is 1. The molecular formula is C26H21ClN2O5. The molecule has 3 aromatic carbocycles. The zero-order chi connectivity index (χ0) is 24.2. The van der Waals surface area contributed by atoms with E-state index in [2.05, 4.69) is 5.32 Å². The first-order chi connectivity index (χ1) is 16.4. The monoisotopic (exact) mass is 476 g/mol. The van der Waals surface area contributed by atoms with Crippen LogP contribution in [0.4, 0.5) is 10.5 Å². The van der Waals surface area contributed by atoms with Gasteiger partial charge < -0.3 is 9.47 Å². The summed E-state index contributed by atoms with van der Waals surface area (Å²) in [7, 11) is 1.49. The topological polar surface area (TPSA) is 84.9 Å². The highest BCUT2D eigenvalue weighted by Gasteiger charge is 2.36. The molecule has 1 saturated heterocycles. The molecule has 1 heterocycles. The number of nitrogens with zero attached hydrogens (tertiary/aromatic N) is 1. The number of barbiturate groups is 1. The SMILES string of the molecule is COc1cc(/C=C2\C(=O)NC(=O)N(c3cccc(C)c3)C2=O)ccc1OCc1ccccc1Cl. The Labute approximate surface area is 201 Å². The normalized spacial score (nSPS) is 14.9. The number of imide groups is 2. The van der Waals surface area contributed by atoms with Gasteiger partial charge >= 0.3 is 6.03 Å². The molecule has 1 aliphatic rings. The van der Waals surface area contributed by atoms with E-state index in [1.807, 2.05) is 31.2 Å². The quantitative estimate of drug-likeness (QED) is 0.404. The van der Waals surface area contributed by atoms with Crippen molar-refractivity contribution in [1.82, 2.24) is 5.32 Å². The summed E-state index contributed by atoms with van der Waals surface area (Å²) in [6.07, 6.45) is 1.41. The number of rotatable bonds is 6. The fourth-order valence-electron chi connectivity index (χ4n) is 3.49. The molecule has 34 heavy (non-hydrogen) atoms. The molecule has 1 fully saturated rings. The standard InChI is InChI=1S/C26H21ClN2O5/c1-16-6-5-8-19(12-16)29-25(31)20(24(30)28-26(29)32)13-17-10-11-22(23(14-17)33-2)34-15-18-7-3-4-9-21(18)27/h3-14H,15H2,1-2H3,(H,28,30,32)/b20-13+. The molecule has 4 amide bonds. The molecule has 1 aliphatic heterocycles. The van der Waals surface area contributed by atoms with E-state index in [1.54, 1.807) is 42.5 Å². The van der Waals surface area contributed by atoms with Crippen molar-refractivity contribution in [3.63, 3.8) is 0 Å². The second-order valence-electron chi connectivity index (χ2n) is 7.59. The fraction of sp³-hybridized carbons (Fsp3) is 0.115. The molecule has 0 aromatic heterocycles. The van der Waals surface area contributed by atoms with Crippen LogP contribution in [0.1, 0.15) is 16.7 Å². The molecular weight excluding hydrogens is 456 g/mol. The van der Waals surface area contributed by atoms with E-state index in [0.717, 1.165) is 16.0 Å². The van der Waals surface area contributed by atoms with Gasteiger partial charge in [0.05, 0.1) is 12.8 Å². The van der Waals surface area contributed by atoms with E-state index in [0.29, 0.717) is 27.8 Å². The van der Waals surface area contributed by atoms with Gasteiger partial charge in [-0.25, -0.2) is 9.69 Å². The molecule has 0 aliphatic carbocycles. The number of methoxy groups -OCH3 is 1.